The third kappa shape index (κ3) is 5.38. The molecule has 30 heavy (non-hydrogen) atoms. The number of halogens is 4. The van der Waals surface area contributed by atoms with Crippen molar-refractivity contribution >= 4 is 23.2 Å². The Balaban J connectivity index is 1.98. The summed E-state index contributed by atoms with van der Waals surface area (Å²) in [6.45, 7) is 1.68. The first-order valence-corrected chi connectivity index (χ1v) is 8.98. The number of amides is 1. The molecule has 1 N–H and O–H groups in total. The van der Waals surface area contributed by atoms with Gasteiger partial charge in [-0.25, -0.2) is 4.98 Å². The Bertz CT molecular complexity index is 1110. The van der Waals surface area contributed by atoms with Crippen LogP contribution in [0.2, 0.25) is 5.15 Å². The van der Waals surface area contributed by atoms with Crippen LogP contribution in [0, 0.1) is 6.92 Å². The Morgan fingerprint density at radius 2 is 1.87 bits per heavy atom. The molecule has 0 saturated heterocycles. The van der Waals surface area contributed by atoms with Crippen molar-refractivity contribution in [2.75, 3.05) is 4.90 Å². The van der Waals surface area contributed by atoms with E-state index in [9.17, 15) is 22.8 Å². The molecule has 2 aromatic heterocycles. The van der Waals surface area contributed by atoms with Crippen molar-refractivity contribution in [3.63, 3.8) is 0 Å². The molecule has 2 heterocycles. The van der Waals surface area contributed by atoms with Crippen LogP contribution in [-0.4, -0.2) is 22.2 Å². The number of aromatic amines is 1. The zero-order chi connectivity index (χ0) is 21.9. The van der Waals surface area contributed by atoms with E-state index in [4.69, 9.17) is 11.6 Å². The van der Waals surface area contributed by atoms with Crippen LogP contribution in [0.15, 0.2) is 59.5 Å². The molecule has 1 aromatic carbocycles. The third-order valence-corrected chi connectivity index (χ3v) is 4.25. The number of alkyl halides is 3. The molecule has 0 bridgehead atoms. The van der Waals surface area contributed by atoms with Crippen molar-refractivity contribution in [2.24, 2.45) is 0 Å². The predicted molar refractivity (Wildman–Crippen MR) is 105 cm³/mol. The molecule has 0 radical (unpaired) electrons. The highest BCUT2D eigenvalue weighted by molar-refractivity contribution is 6.29. The molecule has 0 fully saturated rings. The highest BCUT2D eigenvalue weighted by Crippen LogP contribution is 2.27. The van der Waals surface area contributed by atoms with Gasteiger partial charge in [0.15, 0.2) is 0 Å². The molecule has 3 aromatic rings. The minimum Gasteiger partial charge on any atom is -0.406 e. The van der Waals surface area contributed by atoms with Crippen molar-refractivity contribution in [2.45, 2.75) is 19.8 Å². The Hall–Kier alpha value is -3.33. The minimum absolute atomic E-state index is 0.00780. The fraction of sp³-hybridized carbons (Fsp3) is 0.150. The van der Waals surface area contributed by atoms with E-state index in [0.717, 1.165) is 12.1 Å². The summed E-state index contributed by atoms with van der Waals surface area (Å²) >= 11 is 5.90. The number of ether oxygens (including phenoxy) is 1. The monoisotopic (exact) mass is 437 g/mol. The van der Waals surface area contributed by atoms with E-state index in [1.165, 1.54) is 29.3 Å². The Kier molecular flexibility index (Phi) is 6.12. The van der Waals surface area contributed by atoms with Crippen molar-refractivity contribution in [1.82, 2.24) is 9.97 Å². The summed E-state index contributed by atoms with van der Waals surface area (Å²) in [7, 11) is 0. The number of anilines is 1. The van der Waals surface area contributed by atoms with Crippen molar-refractivity contribution < 1.29 is 22.7 Å². The van der Waals surface area contributed by atoms with E-state index < -0.39 is 23.6 Å². The van der Waals surface area contributed by atoms with Gasteiger partial charge in [0.05, 0.1) is 6.54 Å². The lowest BCUT2D eigenvalue weighted by Crippen LogP contribution is -2.34. The number of hydrogen-bond donors (Lipinski definition) is 1. The molecule has 0 aliphatic carbocycles. The van der Waals surface area contributed by atoms with Crippen LogP contribution in [0.4, 0.5) is 18.9 Å². The summed E-state index contributed by atoms with van der Waals surface area (Å²) in [6, 6.07) is 10.9. The van der Waals surface area contributed by atoms with Crippen LogP contribution in [0.5, 0.6) is 5.75 Å². The number of H-pyrrole nitrogens is 1. The second kappa shape index (κ2) is 8.58. The van der Waals surface area contributed by atoms with E-state index in [2.05, 4.69) is 14.7 Å². The molecule has 0 spiro atoms. The normalized spacial score (nSPS) is 11.2. The van der Waals surface area contributed by atoms with Crippen LogP contribution in [0.25, 0.3) is 0 Å². The molecule has 0 atom stereocenters. The summed E-state index contributed by atoms with van der Waals surface area (Å²) in [5.74, 6) is -1.06. The van der Waals surface area contributed by atoms with Crippen molar-refractivity contribution in [1.29, 1.82) is 0 Å². The number of aromatic nitrogens is 2. The first-order valence-electron chi connectivity index (χ1n) is 8.60. The smallest absolute Gasteiger partial charge is 0.406 e. The summed E-state index contributed by atoms with van der Waals surface area (Å²) in [6.07, 6.45) is -3.38. The van der Waals surface area contributed by atoms with Gasteiger partial charge in [-0.3, -0.25) is 9.59 Å². The first kappa shape index (κ1) is 21.4. The Labute approximate surface area is 173 Å². The van der Waals surface area contributed by atoms with E-state index in [-0.39, 0.29) is 22.9 Å². The number of pyridine rings is 2. The first-order chi connectivity index (χ1) is 14.1. The Morgan fingerprint density at radius 1 is 1.17 bits per heavy atom. The molecule has 6 nitrogen and oxygen atoms in total. The van der Waals surface area contributed by atoms with Gasteiger partial charge in [-0.2, -0.15) is 0 Å². The van der Waals surface area contributed by atoms with E-state index in [1.807, 2.05) is 0 Å². The third-order valence-electron chi connectivity index (χ3n) is 4.04. The zero-order valence-corrected chi connectivity index (χ0v) is 16.3. The van der Waals surface area contributed by atoms with Gasteiger partial charge in [-0.1, -0.05) is 11.6 Å². The largest absolute Gasteiger partial charge is 0.573 e. The fourth-order valence-electron chi connectivity index (χ4n) is 2.72. The average Bonchev–Trinajstić information content (AvgIpc) is 2.65. The summed E-state index contributed by atoms with van der Waals surface area (Å²) < 4.78 is 41.1. The summed E-state index contributed by atoms with van der Waals surface area (Å²) in [5.41, 5.74) is 0.772. The fourth-order valence-corrected chi connectivity index (χ4v) is 2.91. The zero-order valence-electron chi connectivity index (χ0n) is 15.5. The Morgan fingerprint density at radius 3 is 2.47 bits per heavy atom. The lowest BCUT2D eigenvalue weighted by atomic mass is 10.1. The number of nitrogens with zero attached hydrogens (tertiary/aromatic N) is 2. The predicted octanol–water partition coefficient (Wildman–Crippen LogP) is 4.48. The topological polar surface area (TPSA) is 75.3 Å². The molecule has 156 valence electrons. The van der Waals surface area contributed by atoms with Gasteiger partial charge in [0.25, 0.3) is 11.5 Å². The molecule has 3 rings (SSSR count). The number of carbonyl (C=O) groups excluding carboxylic acids is 1. The van der Waals surface area contributed by atoms with Crippen LogP contribution in [-0.2, 0) is 6.54 Å². The van der Waals surface area contributed by atoms with Crippen LogP contribution >= 0.6 is 11.6 Å². The molecular formula is C20H15ClF3N3O3. The van der Waals surface area contributed by atoms with Gasteiger partial charge < -0.3 is 14.6 Å². The standard InChI is InChI=1S/C20H15ClF3N3O3/c1-12-2-7-16(18(28)26-12)19(29)27(11-13-8-9-25-17(21)10-13)14-3-5-15(6-4-14)30-20(22,23)24/h2-10H,11H2,1H3,(H,26,28). The second-order valence-corrected chi connectivity index (χ2v) is 6.69. The number of rotatable bonds is 5. The van der Waals surface area contributed by atoms with Crippen LogP contribution in [0.1, 0.15) is 21.6 Å². The van der Waals surface area contributed by atoms with Gasteiger partial charge in [-0.05, 0) is 61.0 Å². The minimum atomic E-state index is -4.83. The SMILES string of the molecule is Cc1ccc(C(=O)N(Cc2ccnc(Cl)c2)c2ccc(OC(F)(F)F)cc2)c(=O)[nH]1. The molecular weight excluding hydrogens is 423 g/mol. The number of nitrogens with one attached hydrogen (secondary N) is 1. The van der Waals surface area contributed by atoms with Crippen LogP contribution < -0.4 is 15.2 Å². The lowest BCUT2D eigenvalue weighted by molar-refractivity contribution is -0.274. The lowest BCUT2D eigenvalue weighted by Gasteiger charge is -2.23. The quantitative estimate of drug-likeness (QED) is 0.597. The highest BCUT2D eigenvalue weighted by Gasteiger charge is 2.31. The molecule has 10 heteroatoms. The summed E-state index contributed by atoms with van der Waals surface area (Å²) in [5, 5.41) is 0.210. The highest BCUT2D eigenvalue weighted by atomic mass is 35.5. The van der Waals surface area contributed by atoms with E-state index in [1.54, 1.807) is 25.1 Å². The van der Waals surface area contributed by atoms with Gasteiger partial charge >= 0.3 is 6.36 Å². The van der Waals surface area contributed by atoms with Crippen molar-refractivity contribution in [3.05, 3.63) is 87.1 Å². The molecule has 0 aliphatic heterocycles. The van der Waals surface area contributed by atoms with Gasteiger partial charge in [-0.15, -0.1) is 13.2 Å². The maximum absolute atomic E-state index is 13.1. The molecule has 1 amide bonds. The maximum atomic E-state index is 13.1. The average molecular weight is 438 g/mol. The number of aryl methyl sites for hydroxylation is 1. The van der Waals surface area contributed by atoms with E-state index in [0.29, 0.717) is 11.3 Å². The second-order valence-electron chi connectivity index (χ2n) is 6.30. The number of hydrogen-bond acceptors (Lipinski definition) is 4. The van der Waals surface area contributed by atoms with Gasteiger partial charge in [0.2, 0.25) is 0 Å². The molecule has 0 unspecified atom stereocenters. The van der Waals surface area contributed by atoms with E-state index >= 15 is 0 Å². The summed E-state index contributed by atoms with van der Waals surface area (Å²) in [4.78, 5) is 33.1. The van der Waals surface area contributed by atoms with Crippen molar-refractivity contribution in [3.8, 4) is 5.75 Å². The molecule has 0 aliphatic rings. The van der Waals surface area contributed by atoms with Gasteiger partial charge in [0, 0.05) is 17.6 Å². The molecule has 0 saturated carbocycles. The van der Waals surface area contributed by atoms with Crippen LogP contribution in [0.3, 0.4) is 0 Å². The number of benzene rings is 1. The number of carbonyl (C=O) groups is 1. The van der Waals surface area contributed by atoms with Gasteiger partial charge in [0.1, 0.15) is 16.5 Å². The maximum Gasteiger partial charge on any atom is 0.573 e.